The first-order valence-electron chi connectivity index (χ1n) is 4.33. The van der Waals surface area contributed by atoms with Crippen LogP contribution in [0.15, 0.2) is 17.5 Å². The fraction of sp³-hybridized carbons (Fsp3) is 0.556. The van der Waals surface area contributed by atoms with Crippen LogP contribution in [0.2, 0.25) is 0 Å². The topological polar surface area (TPSA) is 12.0 Å². The van der Waals surface area contributed by atoms with Gasteiger partial charge in [-0.05, 0) is 36.1 Å². The number of thioether (sulfide) groups is 1. The van der Waals surface area contributed by atoms with Gasteiger partial charge in [0.1, 0.15) is 0 Å². The summed E-state index contributed by atoms with van der Waals surface area (Å²) < 4.78 is 0. The lowest BCUT2D eigenvalue weighted by atomic mass is 10.2. The van der Waals surface area contributed by atoms with Crippen LogP contribution in [0, 0.1) is 0 Å². The maximum absolute atomic E-state index is 3.56. The molecule has 1 aromatic heterocycles. The van der Waals surface area contributed by atoms with Gasteiger partial charge in [0.2, 0.25) is 0 Å². The van der Waals surface area contributed by atoms with E-state index in [9.17, 15) is 0 Å². The Morgan fingerprint density at radius 1 is 1.50 bits per heavy atom. The molecule has 1 nitrogen and oxygen atoms in total. The second kappa shape index (κ2) is 4.19. The van der Waals surface area contributed by atoms with Gasteiger partial charge in [-0.3, -0.25) is 0 Å². The molecule has 1 unspecified atom stereocenters. The summed E-state index contributed by atoms with van der Waals surface area (Å²) in [7, 11) is 0. The normalized spacial score (nSPS) is 23.8. The van der Waals surface area contributed by atoms with Crippen molar-refractivity contribution in [3.63, 3.8) is 0 Å². The molecule has 0 radical (unpaired) electrons. The molecule has 1 N–H and O–H groups in total. The Morgan fingerprint density at radius 3 is 3.17 bits per heavy atom. The maximum Gasteiger partial charge on any atom is 0.0884 e. The molecule has 3 heteroatoms. The number of nitrogens with one attached hydrogen (secondary N) is 1. The monoisotopic (exact) mass is 199 g/mol. The molecule has 0 bridgehead atoms. The number of anilines is 1. The van der Waals surface area contributed by atoms with E-state index in [0.717, 1.165) is 0 Å². The molecule has 1 fully saturated rings. The van der Waals surface area contributed by atoms with E-state index in [4.69, 9.17) is 0 Å². The standard InChI is InChI=1S/C9H13NS2/c1-3-8(7-11-5-1)10-9-4-2-6-12-9/h2,4,6,8,10H,1,3,5,7H2. The summed E-state index contributed by atoms with van der Waals surface area (Å²) in [6.45, 7) is 0. The highest BCUT2D eigenvalue weighted by Gasteiger charge is 2.12. The quantitative estimate of drug-likeness (QED) is 0.785. The minimum absolute atomic E-state index is 0.711. The van der Waals surface area contributed by atoms with Crippen molar-refractivity contribution in [3.8, 4) is 0 Å². The van der Waals surface area contributed by atoms with E-state index in [1.165, 1.54) is 29.3 Å². The van der Waals surface area contributed by atoms with Crippen LogP contribution in [0.3, 0.4) is 0 Å². The molecule has 0 aromatic carbocycles. The van der Waals surface area contributed by atoms with Gasteiger partial charge < -0.3 is 5.32 Å². The zero-order valence-corrected chi connectivity index (χ0v) is 8.59. The third-order valence-electron chi connectivity index (χ3n) is 2.03. The van der Waals surface area contributed by atoms with Crippen molar-refractivity contribution in [1.82, 2.24) is 0 Å². The van der Waals surface area contributed by atoms with Gasteiger partial charge in [-0.25, -0.2) is 0 Å². The Bertz CT molecular complexity index is 214. The van der Waals surface area contributed by atoms with Gasteiger partial charge in [0.15, 0.2) is 0 Å². The molecule has 0 amide bonds. The van der Waals surface area contributed by atoms with Crippen LogP contribution in [-0.4, -0.2) is 17.5 Å². The van der Waals surface area contributed by atoms with Gasteiger partial charge in [-0.1, -0.05) is 0 Å². The van der Waals surface area contributed by atoms with Crippen LogP contribution in [0.25, 0.3) is 0 Å². The number of hydrogen-bond donors (Lipinski definition) is 1. The smallest absolute Gasteiger partial charge is 0.0884 e. The third kappa shape index (κ3) is 2.17. The Labute approximate surface area is 81.6 Å². The predicted molar refractivity (Wildman–Crippen MR) is 58.3 cm³/mol. The van der Waals surface area contributed by atoms with Crippen LogP contribution >= 0.6 is 23.1 Å². The second-order valence-electron chi connectivity index (χ2n) is 3.04. The number of rotatable bonds is 2. The fourth-order valence-electron chi connectivity index (χ4n) is 1.42. The van der Waals surface area contributed by atoms with Gasteiger partial charge in [-0.2, -0.15) is 11.8 Å². The van der Waals surface area contributed by atoms with Gasteiger partial charge >= 0.3 is 0 Å². The minimum Gasteiger partial charge on any atom is -0.373 e. The molecule has 1 atom stereocenters. The van der Waals surface area contributed by atoms with Crippen molar-refractivity contribution in [3.05, 3.63) is 17.5 Å². The summed E-state index contributed by atoms with van der Waals surface area (Å²) in [5.41, 5.74) is 0. The summed E-state index contributed by atoms with van der Waals surface area (Å²) >= 11 is 3.86. The van der Waals surface area contributed by atoms with Crippen molar-refractivity contribution in [2.45, 2.75) is 18.9 Å². The Kier molecular flexibility index (Phi) is 2.95. The Morgan fingerprint density at radius 2 is 2.50 bits per heavy atom. The van der Waals surface area contributed by atoms with Crippen LogP contribution in [0.5, 0.6) is 0 Å². The third-order valence-corrected chi connectivity index (χ3v) is 4.04. The molecule has 12 heavy (non-hydrogen) atoms. The predicted octanol–water partition coefficient (Wildman–Crippen LogP) is 3.06. The number of hydrogen-bond acceptors (Lipinski definition) is 3. The lowest BCUT2D eigenvalue weighted by Crippen LogP contribution is -2.25. The average molecular weight is 199 g/mol. The molecular formula is C9H13NS2. The van der Waals surface area contributed by atoms with Crippen molar-refractivity contribution in [2.24, 2.45) is 0 Å². The van der Waals surface area contributed by atoms with Crippen molar-refractivity contribution < 1.29 is 0 Å². The second-order valence-corrected chi connectivity index (χ2v) is 5.13. The van der Waals surface area contributed by atoms with Gasteiger partial charge in [0, 0.05) is 11.8 Å². The molecule has 1 aliphatic rings. The largest absolute Gasteiger partial charge is 0.373 e. The molecule has 2 rings (SSSR count). The van der Waals surface area contributed by atoms with E-state index in [-0.39, 0.29) is 0 Å². The average Bonchev–Trinajstić information content (AvgIpc) is 2.59. The van der Waals surface area contributed by atoms with E-state index in [1.54, 1.807) is 11.3 Å². The highest BCUT2D eigenvalue weighted by molar-refractivity contribution is 7.99. The van der Waals surface area contributed by atoms with E-state index in [2.05, 4.69) is 34.6 Å². The van der Waals surface area contributed by atoms with Crippen LogP contribution in [0.1, 0.15) is 12.8 Å². The highest BCUT2D eigenvalue weighted by Crippen LogP contribution is 2.23. The lowest BCUT2D eigenvalue weighted by molar-refractivity contribution is 0.687. The number of thiophene rings is 1. The molecule has 2 heterocycles. The van der Waals surface area contributed by atoms with Crippen LogP contribution in [0.4, 0.5) is 5.00 Å². The lowest BCUT2D eigenvalue weighted by Gasteiger charge is -2.22. The molecular weight excluding hydrogens is 186 g/mol. The summed E-state index contributed by atoms with van der Waals surface area (Å²) in [6, 6.07) is 4.97. The molecule has 66 valence electrons. The van der Waals surface area contributed by atoms with Gasteiger partial charge in [-0.15, -0.1) is 11.3 Å². The van der Waals surface area contributed by atoms with E-state index in [0.29, 0.717) is 6.04 Å². The molecule has 1 aliphatic heterocycles. The highest BCUT2D eigenvalue weighted by atomic mass is 32.2. The molecule has 0 aliphatic carbocycles. The van der Waals surface area contributed by atoms with Crippen LogP contribution < -0.4 is 5.32 Å². The van der Waals surface area contributed by atoms with Crippen molar-refractivity contribution >= 4 is 28.1 Å². The fourth-order valence-corrected chi connectivity index (χ4v) is 3.18. The SMILES string of the molecule is c1csc(NC2CCCSC2)c1. The summed E-state index contributed by atoms with van der Waals surface area (Å²) in [5.74, 6) is 2.63. The first-order valence-corrected chi connectivity index (χ1v) is 6.36. The van der Waals surface area contributed by atoms with Crippen molar-refractivity contribution in [2.75, 3.05) is 16.8 Å². The van der Waals surface area contributed by atoms with Gasteiger partial charge in [0.05, 0.1) is 5.00 Å². The van der Waals surface area contributed by atoms with Crippen LogP contribution in [-0.2, 0) is 0 Å². The molecule has 0 saturated carbocycles. The van der Waals surface area contributed by atoms with Gasteiger partial charge in [0.25, 0.3) is 0 Å². The first kappa shape index (κ1) is 8.45. The summed E-state index contributed by atoms with van der Waals surface area (Å²) in [6.07, 6.45) is 2.71. The van der Waals surface area contributed by atoms with E-state index in [1.807, 2.05) is 0 Å². The van der Waals surface area contributed by atoms with E-state index < -0.39 is 0 Å². The zero-order chi connectivity index (χ0) is 8.23. The summed E-state index contributed by atoms with van der Waals surface area (Å²) in [5, 5.41) is 7.00. The molecule has 1 aromatic rings. The first-order chi connectivity index (χ1) is 5.95. The summed E-state index contributed by atoms with van der Waals surface area (Å²) in [4.78, 5) is 0. The molecule has 1 saturated heterocycles. The Hall–Kier alpha value is -0.150. The Balaban J connectivity index is 1.86. The van der Waals surface area contributed by atoms with E-state index >= 15 is 0 Å². The maximum atomic E-state index is 3.56. The zero-order valence-electron chi connectivity index (χ0n) is 6.95. The minimum atomic E-state index is 0.711. The molecule has 0 spiro atoms. The van der Waals surface area contributed by atoms with Crippen molar-refractivity contribution in [1.29, 1.82) is 0 Å².